The molecule has 5 nitrogen and oxygen atoms in total. The molecule has 3 rings (SSSR count). The van der Waals surface area contributed by atoms with Gasteiger partial charge in [0.2, 0.25) is 5.91 Å². The van der Waals surface area contributed by atoms with E-state index in [0.717, 1.165) is 55.6 Å². The number of carbonyl (C=O) groups excluding carboxylic acids is 2. The van der Waals surface area contributed by atoms with Gasteiger partial charge < -0.3 is 15.2 Å². The molecule has 0 bridgehead atoms. The molecule has 1 aliphatic heterocycles. The fraction of sp³-hybridized carbons (Fsp3) is 0.478. The van der Waals surface area contributed by atoms with Crippen LogP contribution in [0.3, 0.4) is 0 Å². The van der Waals surface area contributed by atoms with Gasteiger partial charge in [-0.15, -0.1) is 0 Å². The van der Waals surface area contributed by atoms with E-state index >= 15 is 0 Å². The van der Waals surface area contributed by atoms with E-state index in [1.165, 1.54) is 12.1 Å². The van der Waals surface area contributed by atoms with Gasteiger partial charge in [0.25, 0.3) is 5.91 Å². The van der Waals surface area contributed by atoms with Crippen molar-refractivity contribution in [3.63, 3.8) is 0 Å². The van der Waals surface area contributed by atoms with Crippen LogP contribution in [0.1, 0.15) is 60.8 Å². The Hall–Kier alpha value is -2.63. The molecule has 0 atom stereocenters. The molecule has 6 heteroatoms. The molecule has 0 unspecified atom stereocenters. The number of unbranched alkanes of at least 4 members (excludes halogenated alkanes) is 1. The number of primary amides is 1. The first kappa shape index (κ1) is 21.1. The van der Waals surface area contributed by atoms with Crippen LogP contribution in [-0.2, 0) is 17.8 Å². The zero-order valence-electron chi connectivity index (χ0n) is 17.3. The summed E-state index contributed by atoms with van der Waals surface area (Å²) in [7, 11) is 0. The molecule has 1 aromatic carbocycles. The van der Waals surface area contributed by atoms with Gasteiger partial charge in [-0.05, 0) is 50.3 Å². The molecule has 29 heavy (non-hydrogen) atoms. The molecule has 156 valence electrons. The summed E-state index contributed by atoms with van der Waals surface area (Å²) in [6.07, 6.45) is 5.15. The number of carbonyl (C=O) groups is 2. The lowest BCUT2D eigenvalue weighted by atomic mass is 9.97. The van der Waals surface area contributed by atoms with Gasteiger partial charge in [0.05, 0.1) is 5.56 Å². The topological polar surface area (TPSA) is 68.3 Å². The monoisotopic (exact) mass is 399 g/mol. The Morgan fingerprint density at radius 3 is 2.66 bits per heavy atom. The summed E-state index contributed by atoms with van der Waals surface area (Å²) < 4.78 is 16.1. The summed E-state index contributed by atoms with van der Waals surface area (Å²) in [6.45, 7) is 6.26. The highest BCUT2D eigenvalue weighted by Crippen LogP contribution is 2.34. The van der Waals surface area contributed by atoms with Crippen molar-refractivity contribution in [2.75, 3.05) is 13.1 Å². The Bertz CT molecular complexity index is 904. The Morgan fingerprint density at radius 2 is 2.03 bits per heavy atom. The van der Waals surface area contributed by atoms with Crippen molar-refractivity contribution in [3.05, 3.63) is 47.0 Å². The molecule has 2 N–H and O–H groups in total. The van der Waals surface area contributed by atoms with Gasteiger partial charge in [-0.2, -0.15) is 0 Å². The van der Waals surface area contributed by atoms with Crippen LogP contribution in [0.25, 0.3) is 11.1 Å². The Labute approximate surface area is 171 Å². The van der Waals surface area contributed by atoms with Crippen LogP contribution in [-0.4, -0.2) is 34.4 Å². The molecular weight excluding hydrogens is 369 g/mol. The number of hydrogen-bond acceptors (Lipinski definition) is 2. The normalized spacial score (nSPS) is 14.0. The van der Waals surface area contributed by atoms with Crippen molar-refractivity contribution >= 4 is 11.8 Å². The minimum atomic E-state index is -0.493. The average molecular weight is 400 g/mol. The Balaban J connectivity index is 1.98. The summed E-state index contributed by atoms with van der Waals surface area (Å²) in [6, 6.07) is 6.34. The molecule has 0 aliphatic carbocycles. The molecule has 2 heterocycles. The second kappa shape index (κ2) is 9.25. The van der Waals surface area contributed by atoms with Gasteiger partial charge in [-0.25, -0.2) is 4.39 Å². The fourth-order valence-corrected chi connectivity index (χ4v) is 4.32. The highest BCUT2D eigenvalue weighted by Gasteiger charge is 2.25. The van der Waals surface area contributed by atoms with Crippen LogP contribution in [0, 0.1) is 12.7 Å². The van der Waals surface area contributed by atoms with Crippen LogP contribution in [0.2, 0.25) is 0 Å². The minimum absolute atomic E-state index is 0.221. The van der Waals surface area contributed by atoms with Crippen LogP contribution < -0.4 is 5.73 Å². The smallest absolute Gasteiger partial charge is 0.251 e. The lowest BCUT2D eigenvalue weighted by Gasteiger charge is -2.18. The van der Waals surface area contributed by atoms with E-state index in [9.17, 15) is 14.0 Å². The quantitative estimate of drug-likeness (QED) is 0.691. The lowest BCUT2D eigenvalue weighted by Crippen LogP contribution is -2.26. The highest BCUT2D eigenvalue weighted by atomic mass is 19.1. The average Bonchev–Trinajstić information content (AvgIpc) is 3.21. The summed E-state index contributed by atoms with van der Waals surface area (Å²) in [4.78, 5) is 26.1. The summed E-state index contributed by atoms with van der Waals surface area (Å²) in [5, 5.41) is 0. The molecule has 1 saturated heterocycles. The van der Waals surface area contributed by atoms with Gasteiger partial charge in [-0.1, -0.05) is 25.5 Å². The standard InChI is InChI=1S/C23H30FN3O2/c1-3-4-10-19-22(17-8-5-9-18(24)15-17)21(23(25)29)16(2)27(19)14-7-13-26-12-6-11-20(26)28/h5,8-9,15H,3-4,6-7,10-14H2,1-2H3,(H2,25,29). The molecule has 1 aliphatic rings. The molecular formula is C23H30FN3O2. The zero-order valence-corrected chi connectivity index (χ0v) is 17.3. The maximum Gasteiger partial charge on any atom is 0.251 e. The van der Waals surface area contributed by atoms with Crippen molar-refractivity contribution in [1.29, 1.82) is 0 Å². The van der Waals surface area contributed by atoms with E-state index in [0.29, 0.717) is 30.6 Å². The first-order chi connectivity index (χ1) is 13.9. The van der Waals surface area contributed by atoms with E-state index in [-0.39, 0.29) is 11.7 Å². The first-order valence-corrected chi connectivity index (χ1v) is 10.5. The van der Waals surface area contributed by atoms with E-state index in [4.69, 9.17) is 5.73 Å². The van der Waals surface area contributed by atoms with Crippen molar-refractivity contribution in [3.8, 4) is 11.1 Å². The number of benzene rings is 1. The molecule has 1 fully saturated rings. The van der Waals surface area contributed by atoms with E-state index in [2.05, 4.69) is 11.5 Å². The number of rotatable bonds is 9. The second-order valence-electron chi connectivity index (χ2n) is 7.75. The molecule has 2 amide bonds. The van der Waals surface area contributed by atoms with Crippen LogP contribution in [0.5, 0.6) is 0 Å². The Morgan fingerprint density at radius 1 is 1.24 bits per heavy atom. The third-order valence-electron chi connectivity index (χ3n) is 5.74. The predicted octanol–water partition coefficient (Wildman–Crippen LogP) is 4.06. The van der Waals surface area contributed by atoms with Crippen molar-refractivity contribution < 1.29 is 14.0 Å². The maximum atomic E-state index is 13.9. The van der Waals surface area contributed by atoms with Crippen molar-refractivity contribution in [2.45, 2.75) is 58.9 Å². The van der Waals surface area contributed by atoms with Gasteiger partial charge in [-0.3, -0.25) is 9.59 Å². The first-order valence-electron chi connectivity index (χ1n) is 10.5. The van der Waals surface area contributed by atoms with Gasteiger partial charge in [0, 0.05) is 43.0 Å². The van der Waals surface area contributed by atoms with Crippen molar-refractivity contribution in [1.82, 2.24) is 9.47 Å². The van der Waals surface area contributed by atoms with Gasteiger partial charge in [0.1, 0.15) is 5.82 Å². The number of aromatic nitrogens is 1. The molecule has 2 aromatic rings. The fourth-order valence-electron chi connectivity index (χ4n) is 4.32. The SMILES string of the molecule is CCCCc1c(-c2cccc(F)c2)c(C(N)=O)c(C)n1CCCN1CCCC1=O. The highest BCUT2D eigenvalue weighted by molar-refractivity contribution is 6.02. The third kappa shape index (κ3) is 4.52. The molecule has 0 spiro atoms. The third-order valence-corrected chi connectivity index (χ3v) is 5.74. The van der Waals surface area contributed by atoms with Crippen LogP contribution in [0.15, 0.2) is 24.3 Å². The minimum Gasteiger partial charge on any atom is -0.366 e. The van der Waals surface area contributed by atoms with Gasteiger partial charge in [0.15, 0.2) is 0 Å². The number of nitrogens with zero attached hydrogens (tertiary/aromatic N) is 2. The summed E-state index contributed by atoms with van der Waals surface area (Å²) in [5.41, 5.74) is 9.49. The zero-order chi connectivity index (χ0) is 21.0. The predicted molar refractivity (Wildman–Crippen MR) is 112 cm³/mol. The number of nitrogens with two attached hydrogens (primary N) is 1. The largest absolute Gasteiger partial charge is 0.366 e. The number of likely N-dealkylation sites (tertiary alicyclic amines) is 1. The number of hydrogen-bond donors (Lipinski definition) is 1. The number of halogens is 1. The van der Waals surface area contributed by atoms with E-state index in [1.807, 2.05) is 17.9 Å². The van der Waals surface area contributed by atoms with E-state index in [1.54, 1.807) is 6.07 Å². The molecule has 0 saturated carbocycles. The maximum absolute atomic E-state index is 13.9. The summed E-state index contributed by atoms with van der Waals surface area (Å²) >= 11 is 0. The lowest BCUT2D eigenvalue weighted by molar-refractivity contribution is -0.127. The summed E-state index contributed by atoms with van der Waals surface area (Å²) in [5.74, 6) is -0.607. The van der Waals surface area contributed by atoms with Crippen LogP contribution in [0.4, 0.5) is 4.39 Å². The number of amides is 2. The Kier molecular flexibility index (Phi) is 6.72. The molecule has 0 radical (unpaired) electrons. The molecule has 1 aromatic heterocycles. The van der Waals surface area contributed by atoms with Gasteiger partial charge >= 0.3 is 0 Å². The second-order valence-corrected chi connectivity index (χ2v) is 7.75. The van der Waals surface area contributed by atoms with Crippen LogP contribution >= 0.6 is 0 Å². The van der Waals surface area contributed by atoms with E-state index < -0.39 is 5.91 Å². The van der Waals surface area contributed by atoms with Crippen molar-refractivity contribution in [2.24, 2.45) is 5.73 Å².